The number of hydrogen-bond donors (Lipinski definition) is 3. The number of carbonyl (C=O) groups excluding carboxylic acids is 1. The molecule has 1 fully saturated rings. The summed E-state index contributed by atoms with van der Waals surface area (Å²) in [5.41, 5.74) is 10.4. The number of aryl methyl sites for hydroxylation is 2. The Bertz CT molecular complexity index is 1210. The number of nitrogens with one attached hydrogen (secondary N) is 2. The first kappa shape index (κ1) is 27.7. The number of benzene rings is 1. The van der Waals surface area contributed by atoms with E-state index >= 15 is 0 Å². The summed E-state index contributed by atoms with van der Waals surface area (Å²) in [6.07, 6.45) is 8.30. The number of fused-ring (bicyclic) bond motifs is 2. The summed E-state index contributed by atoms with van der Waals surface area (Å²) in [7, 11) is -4.70. The van der Waals surface area contributed by atoms with Gasteiger partial charge in [-0.3, -0.25) is 4.99 Å². The summed E-state index contributed by atoms with van der Waals surface area (Å²) < 4.78 is 39.6. The molecule has 4 N–H and O–H groups in total. The number of nitrogens with two attached hydrogens (primary N) is 1. The number of rotatable bonds is 7. The third-order valence-electron chi connectivity index (χ3n) is 7.98. The van der Waals surface area contributed by atoms with Gasteiger partial charge in [0.05, 0.1) is 11.2 Å². The number of carbonyl (C=O) groups is 1. The van der Waals surface area contributed by atoms with Gasteiger partial charge < -0.3 is 20.4 Å². The third-order valence-corrected chi connectivity index (χ3v) is 9.19. The van der Waals surface area contributed by atoms with Crippen LogP contribution in [-0.4, -0.2) is 45.5 Å². The van der Waals surface area contributed by atoms with Crippen molar-refractivity contribution in [2.24, 2.45) is 10.7 Å². The number of hydrogen-bond acceptors (Lipinski definition) is 7. The van der Waals surface area contributed by atoms with Crippen molar-refractivity contribution >= 4 is 35.1 Å². The largest absolute Gasteiger partial charge is 0.465 e. The molecule has 37 heavy (non-hydrogen) atoms. The maximum absolute atomic E-state index is 12.7. The van der Waals surface area contributed by atoms with Crippen LogP contribution in [0.15, 0.2) is 22.2 Å². The average molecular weight is 531 g/mol. The van der Waals surface area contributed by atoms with Crippen LogP contribution in [0.3, 0.4) is 0 Å². The average Bonchev–Trinajstić information content (AvgIpc) is 3.48. The monoisotopic (exact) mass is 530 g/mol. The predicted molar refractivity (Wildman–Crippen MR) is 147 cm³/mol. The van der Waals surface area contributed by atoms with Crippen LogP contribution in [0, 0.1) is 0 Å². The molecule has 1 aromatic carbocycles. The van der Waals surface area contributed by atoms with Crippen molar-refractivity contribution in [3.05, 3.63) is 39.4 Å². The molecule has 11 heteroatoms. The molecule has 0 bridgehead atoms. The molecule has 0 unspecified atom stereocenters. The number of amides is 2. The summed E-state index contributed by atoms with van der Waals surface area (Å²) >= 11 is 0. The molecule has 1 aliphatic heterocycles. The molecular formula is C26H39BN4O5S. The molecule has 2 aliphatic carbocycles. The first-order chi connectivity index (χ1) is 17.1. The minimum absolute atomic E-state index is 0.325. The van der Waals surface area contributed by atoms with Crippen LogP contribution < -0.4 is 15.8 Å². The summed E-state index contributed by atoms with van der Waals surface area (Å²) in [6.45, 7) is 12.2. The van der Waals surface area contributed by atoms with E-state index in [-0.39, 0.29) is 0 Å². The molecule has 0 atom stereocenters. The van der Waals surface area contributed by atoms with Gasteiger partial charge >= 0.3 is 13.1 Å². The van der Waals surface area contributed by atoms with E-state index in [1.54, 1.807) is 0 Å². The van der Waals surface area contributed by atoms with Crippen molar-refractivity contribution in [1.82, 2.24) is 4.72 Å². The topological polar surface area (TPSA) is 132 Å². The van der Waals surface area contributed by atoms with Crippen LogP contribution in [0.4, 0.5) is 10.5 Å². The quantitative estimate of drug-likeness (QED) is 0.362. The molecule has 0 aromatic heterocycles. The van der Waals surface area contributed by atoms with Crippen LogP contribution in [0.5, 0.6) is 0 Å². The Morgan fingerprint density at radius 1 is 1.08 bits per heavy atom. The molecule has 202 valence electrons. The number of nitrogens with zero attached hydrogens (tertiary/aromatic N) is 1. The zero-order valence-electron chi connectivity index (χ0n) is 22.7. The number of sulfonamides is 1. The second-order valence-electron chi connectivity index (χ2n) is 11.9. The Hall–Kier alpha value is -2.37. The fraction of sp³-hybridized carbons (Fsp3) is 0.615. The first-order valence-electron chi connectivity index (χ1n) is 12.9. The Morgan fingerprint density at radius 3 is 2.16 bits per heavy atom. The van der Waals surface area contributed by atoms with Crippen LogP contribution in [0.25, 0.3) is 0 Å². The van der Waals surface area contributed by atoms with Crippen LogP contribution in [0.2, 0.25) is 5.31 Å². The molecule has 4 rings (SSSR count). The van der Waals surface area contributed by atoms with E-state index in [0.29, 0.717) is 6.54 Å². The lowest BCUT2D eigenvalue weighted by atomic mass is 9.60. The maximum Gasteiger partial charge on any atom is 0.465 e. The minimum atomic E-state index is -4.23. The van der Waals surface area contributed by atoms with Crippen LogP contribution in [0.1, 0.15) is 76.6 Å². The molecule has 1 aromatic rings. The van der Waals surface area contributed by atoms with Crippen molar-refractivity contribution in [2.75, 3.05) is 11.9 Å². The predicted octanol–water partition coefficient (Wildman–Crippen LogP) is 3.86. The van der Waals surface area contributed by atoms with Gasteiger partial charge in [-0.1, -0.05) is 19.9 Å². The van der Waals surface area contributed by atoms with Crippen molar-refractivity contribution in [1.29, 1.82) is 0 Å². The summed E-state index contributed by atoms with van der Waals surface area (Å²) in [6, 6.07) is 1.43. The first-order valence-corrected chi connectivity index (χ1v) is 14.4. The van der Waals surface area contributed by atoms with E-state index < -0.39 is 44.7 Å². The van der Waals surface area contributed by atoms with Crippen molar-refractivity contribution in [3.8, 4) is 0 Å². The van der Waals surface area contributed by atoms with Gasteiger partial charge in [-0.05, 0) is 94.5 Å². The SMILES string of the molecule is CC(C)(CN=C/C=C(\N)S(=O)(=O)NC(=O)Nc1c2c(cc3c1CCC3)CCC2)B1OC(C)(C)C(C)(C)O1. The molecule has 0 radical (unpaired) electrons. The number of allylic oxidation sites excluding steroid dienone is 1. The zero-order chi connectivity index (χ0) is 27.2. The fourth-order valence-corrected chi connectivity index (χ4v) is 5.68. The molecule has 1 heterocycles. The smallest absolute Gasteiger partial charge is 0.403 e. The second kappa shape index (κ2) is 9.74. The van der Waals surface area contributed by atoms with Gasteiger partial charge in [-0.25, -0.2) is 9.52 Å². The second-order valence-corrected chi connectivity index (χ2v) is 13.6. The van der Waals surface area contributed by atoms with Gasteiger partial charge in [0.2, 0.25) is 0 Å². The lowest BCUT2D eigenvalue weighted by molar-refractivity contribution is 0.00578. The third kappa shape index (κ3) is 5.58. The Morgan fingerprint density at radius 2 is 1.62 bits per heavy atom. The maximum atomic E-state index is 12.7. The van der Waals surface area contributed by atoms with E-state index in [1.165, 1.54) is 23.4 Å². The molecule has 3 aliphatic rings. The van der Waals surface area contributed by atoms with Crippen molar-refractivity contribution in [2.45, 2.75) is 96.6 Å². The van der Waals surface area contributed by atoms with Gasteiger partial charge in [0, 0.05) is 23.8 Å². The zero-order valence-corrected chi connectivity index (χ0v) is 23.5. The Labute approximate surface area is 220 Å². The standard InChI is InChI=1S/C26H39BN4O5S/c1-24(2,27-35-25(3,4)26(5,6)36-27)16-29-14-13-21(28)37(33,34)31-23(32)30-22-19-11-7-9-17(19)15-18-10-8-12-20(18)22/h13-15H,7-12,16,28H2,1-6H3,(H2,30,31,32)/b21-13+,29-14?. The van der Waals surface area contributed by atoms with E-state index in [2.05, 4.69) is 16.4 Å². The van der Waals surface area contributed by atoms with Gasteiger partial charge in [-0.15, -0.1) is 0 Å². The van der Waals surface area contributed by atoms with Gasteiger partial charge in [0.1, 0.15) is 5.03 Å². The molecule has 0 saturated carbocycles. The molecule has 1 saturated heterocycles. The summed E-state index contributed by atoms with van der Waals surface area (Å²) in [5.74, 6) is 0. The Kier molecular flexibility index (Phi) is 7.28. The van der Waals surface area contributed by atoms with E-state index in [0.717, 1.165) is 55.3 Å². The highest BCUT2D eigenvalue weighted by Crippen LogP contribution is 2.45. The van der Waals surface area contributed by atoms with Gasteiger partial charge in [0.25, 0.3) is 10.0 Å². The van der Waals surface area contributed by atoms with Gasteiger partial charge in [0.15, 0.2) is 0 Å². The molecular weight excluding hydrogens is 491 g/mol. The van der Waals surface area contributed by atoms with Crippen molar-refractivity contribution in [3.63, 3.8) is 0 Å². The number of anilines is 1. The lowest BCUT2D eigenvalue weighted by Crippen LogP contribution is -2.41. The summed E-state index contributed by atoms with van der Waals surface area (Å²) in [4.78, 5) is 17.0. The fourth-order valence-electron chi connectivity index (χ4n) is 5.03. The molecule has 0 spiro atoms. The highest BCUT2D eigenvalue weighted by atomic mass is 32.2. The van der Waals surface area contributed by atoms with E-state index in [9.17, 15) is 13.2 Å². The highest BCUT2D eigenvalue weighted by Gasteiger charge is 2.56. The van der Waals surface area contributed by atoms with E-state index in [4.69, 9.17) is 15.0 Å². The highest BCUT2D eigenvalue weighted by molar-refractivity contribution is 7.93. The molecule has 2 amide bonds. The van der Waals surface area contributed by atoms with Crippen LogP contribution in [-0.2, 0) is 45.0 Å². The van der Waals surface area contributed by atoms with Gasteiger partial charge in [-0.2, -0.15) is 8.42 Å². The molecule has 9 nitrogen and oxygen atoms in total. The van der Waals surface area contributed by atoms with E-state index in [1.807, 2.05) is 46.3 Å². The van der Waals surface area contributed by atoms with Crippen LogP contribution >= 0.6 is 0 Å². The summed E-state index contributed by atoms with van der Waals surface area (Å²) in [5, 5.41) is 1.85. The number of urea groups is 1. The lowest BCUT2D eigenvalue weighted by Gasteiger charge is -2.32. The normalized spacial score (nSPS) is 20.8. The Balaban J connectivity index is 1.38. The number of aliphatic imine (C=N–C) groups is 1. The minimum Gasteiger partial charge on any atom is -0.403 e. The van der Waals surface area contributed by atoms with Crippen molar-refractivity contribution < 1.29 is 22.5 Å².